The number of sulfonamides is 1. The minimum atomic E-state index is -3.41. The molecule has 0 spiro atoms. The zero-order valence-electron chi connectivity index (χ0n) is 30.7. The lowest BCUT2D eigenvalue weighted by atomic mass is 9.83. The molecule has 3 amide bonds. The van der Waals surface area contributed by atoms with Crippen molar-refractivity contribution in [2.45, 2.75) is 125 Å². The molecular weight excluding hydrogens is 632 g/mol. The Bertz CT molecular complexity index is 1360. The van der Waals surface area contributed by atoms with Crippen molar-refractivity contribution in [1.82, 2.24) is 19.8 Å². The first-order chi connectivity index (χ1) is 22.1. The molecule has 3 rings (SSSR count). The minimum Gasteiger partial charge on any atom is -0.334 e. The first-order valence-electron chi connectivity index (χ1n) is 17.6. The molecule has 0 aromatic heterocycles. The number of piperidine rings is 1. The normalized spacial score (nSPS) is 25.3. The molecule has 2 saturated heterocycles. The molecule has 2 N–H and O–H groups in total. The van der Waals surface area contributed by atoms with Gasteiger partial charge in [0.05, 0.1) is 11.8 Å². The third-order valence-corrected chi connectivity index (χ3v) is 12.6. The fourth-order valence-corrected chi connectivity index (χ4v) is 9.05. The highest BCUT2D eigenvalue weighted by Crippen LogP contribution is 2.65. The van der Waals surface area contributed by atoms with Crippen LogP contribution in [0.1, 0.15) is 107 Å². The topological polar surface area (TPSA) is 150 Å². The second kappa shape index (κ2) is 15.1. The summed E-state index contributed by atoms with van der Waals surface area (Å²) in [7, 11) is -3.41. The molecule has 6 atom stereocenters. The lowest BCUT2D eigenvalue weighted by Crippen LogP contribution is -2.62. The summed E-state index contributed by atoms with van der Waals surface area (Å²) in [6, 6.07) is -2.86. The summed E-state index contributed by atoms with van der Waals surface area (Å²) in [6.45, 7) is 21.9. The molecule has 0 aromatic carbocycles. The largest absolute Gasteiger partial charge is 0.334 e. The van der Waals surface area contributed by atoms with Gasteiger partial charge in [-0.1, -0.05) is 74.8 Å². The van der Waals surface area contributed by atoms with E-state index in [1.807, 2.05) is 48.5 Å². The number of hydrogen-bond donors (Lipinski definition) is 2. The van der Waals surface area contributed by atoms with E-state index in [2.05, 4.69) is 31.1 Å². The van der Waals surface area contributed by atoms with Gasteiger partial charge in [-0.25, -0.2) is 13.2 Å². The number of rotatable bonds is 15. The summed E-state index contributed by atoms with van der Waals surface area (Å²) in [5, 5.41) is 5.85. The Morgan fingerprint density at radius 2 is 1.65 bits per heavy atom. The Morgan fingerprint density at radius 1 is 1.00 bits per heavy atom. The van der Waals surface area contributed by atoms with Gasteiger partial charge in [0.1, 0.15) is 6.04 Å². The number of nitrogens with zero attached hydrogens (tertiary/aromatic N) is 2. The number of ketones is 3. The van der Waals surface area contributed by atoms with Gasteiger partial charge in [0.2, 0.25) is 21.7 Å². The second-order valence-corrected chi connectivity index (χ2v) is 19.0. The predicted molar refractivity (Wildman–Crippen MR) is 186 cm³/mol. The molecule has 0 radical (unpaired) electrons. The van der Waals surface area contributed by atoms with Crippen molar-refractivity contribution in [2.75, 3.05) is 25.4 Å². The van der Waals surface area contributed by atoms with Crippen molar-refractivity contribution in [1.29, 1.82) is 0 Å². The van der Waals surface area contributed by atoms with Crippen molar-refractivity contribution in [2.24, 2.45) is 34.0 Å². The predicted octanol–water partition coefficient (Wildman–Crippen LogP) is 4.50. The maximum atomic E-state index is 14.4. The third kappa shape index (κ3) is 9.14. The average Bonchev–Trinajstić information content (AvgIpc) is 3.28. The van der Waals surface area contributed by atoms with Crippen molar-refractivity contribution in [3.05, 3.63) is 12.7 Å². The van der Waals surface area contributed by atoms with Gasteiger partial charge in [-0.2, -0.15) is 4.31 Å². The van der Waals surface area contributed by atoms with E-state index >= 15 is 0 Å². The van der Waals surface area contributed by atoms with Gasteiger partial charge < -0.3 is 15.5 Å². The number of fused-ring (bicyclic) bond motifs is 1. The van der Waals surface area contributed by atoms with Gasteiger partial charge in [-0.3, -0.25) is 19.2 Å². The van der Waals surface area contributed by atoms with Crippen LogP contribution in [0.2, 0.25) is 0 Å². The fraction of sp³-hybridized carbons (Fsp3) is 0.806. The summed E-state index contributed by atoms with van der Waals surface area (Å²) >= 11 is 0. The molecule has 48 heavy (non-hydrogen) atoms. The van der Waals surface area contributed by atoms with Crippen LogP contribution in [-0.2, 0) is 29.2 Å². The fourth-order valence-electron chi connectivity index (χ4n) is 7.44. The number of Topliss-reactive ketones (excluding diaryl/α,β-unsaturated/α-hetero) is 3. The van der Waals surface area contributed by atoms with E-state index in [0.717, 1.165) is 6.42 Å². The third-order valence-electron chi connectivity index (χ3n) is 10.7. The highest BCUT2D eigenvalue weighted by molar-refractivity contribution is 7.89. The zero-order valence-corrected chi connectivity index (χ0v) is 31.5. The molecule has 1 saturated carbocycles. The molecule has 0 aromatic rings. The van der Waals surface area contributed by atoms with Crippen LogP contribution >= 0.6 is 0 Å². The summed E-state index contributed by atoms with van der Waals surface area (Å²) in [4.78, 5) is 69.4. The van der Waals surface area contributed by atoms with Crippen molar-refractivity contribution in [3.63, 3.8) is 0 Å². The van der Waals surface area contributed by atoms with Gasteiger partial charge >= 0.3 is 6.03 Å². The molecule has 0 bridgehead atoms. The van der Waals surface area contributed by atoms with Crippen LogP contribution in [0.4, 0.5) is 4.79 Å². The summed E-state index contributed by atoms with van der Waals surface area (Å²) in [6.07, 6.45) is 4.35. The van der Waals surface area contributed by atoms with Crippen LogP contribution in [0.3, 0.4) is 0 Å². The monoisotopic (exact) mass is 692 g/mol. The van der Waals surface area contributed by atoms with E-state index in [0.29, 0.717) is 38.8 Å². The van der Waals surface area contributed by atoms with Crippen LogP contribution in [0.15, 0.2) is 12.7 Å². The molecule has 272 valence electrons. The Labute approximate surface area is 288 Å². The first kappa shape index (κ1) is 39.8. The molecule has 3 aliphatic rings. The summed E-state index contributed by atoms with van der Waals surface area (Å²) in [5.74, 6) is -2.25. The molecule has 3 fully saturated rings. The number of likely N-dealkylation sites (tertiary alicyclic amines) is 1. The number of urea groups is 1. The second-order valence-electron chi connectivity index (χ2n) is 16.9. The van der Waals surface area contributed by atoms with Gasteiger partial charge in [-0.15, -0.1) is 6.58 Å². The van der Waals surface area contributed by atoms with Crippen molar-refractivity contribution >= 4 is 39.3 Å². The van der Waals surface area contributed by atoms with Crippen molar-refractivity contribution in [3.8, 4) is 0 Å². The molecule has 11 nitrogen and oxygen atoms in total. The van der Waals surface area contributed by atoms with Gasteiger partial charge in [0.25, 0.3) is 0 Å². The lowest BCUT2D eigenvalue weighted by molar-refractivity contribution is -0.144. The van der Waals surface area contributed by atoms with E-state index in [4.69, 9.17) is 0 Å². The Kier molecular flexibility index (Phi) is 12.5. The Morgan fingerprint density at radius 3 is 2.19 bits per heavy atom. The van der Waals surface area contributed by atoms with Gasteiger partial charge in [0.15, 0.2) is 11.6 Å². The number of carbonyl (C=O) groups excluding carboxylic acids is 5. The number of allylic oxidation sites excluding steroid dienone is 1. The quantitative estimate of drug-likeness (QED) is 0.190. The number of amides is 3. The van der Waals surface area contributed by atoms with Crippen LogP contribution < -0.4 is 10.6 Å². The van der Waals surface area contributed by atoms with Gasteiger partial charge in [-0.05, 0) is 53.8 Å². The molecule has 12 heteroatoms. The smallest absolute Gasteiger partial charge is 0.315 e. The van der Waals surface area contributed by atoms with Crippen LogP contribution in [0.5, 0.6) is 0 Å². The zero-order chi connectivity index (χ0) is 36.4. The van der Waals surface area contributed by atoms with E-state index in [1.54, 1.807) is 11.0 Å². The molecule has 2 heterocycles. The summed E-state index contributed by atoms with van der Waals surface area (Å²) in [5.41, 5.74) is -1.36. The molecule has 1 unspecified atom stereocenters. The number of nitrogens with one attached hydrogen (secondary N) is 2. The van der Waals surface area contributed by atoms with Crippen molar-refractivity contribution < 1.29 is 32.4 Å². The van der Waals surface area contributed by atoms with Crippen LogP contribution in [-0.4, -0.2) is 90.4 Å². The summed E-state index contributed by atoms with van der Waals surface area (Å²) < 4.78 is 26.9. The SMILES string of the molecule is C=CCCC(=O)C(=O)C(CCC)CC(=O)[C@@H]1[C@@H]2[C@H](CN1C(=O)[C@@H](NC(=O)N[C@H](CN1CCCCS1(=O)=O)C(C)(C)C)C(C)(C)C)C2(C)C. The first-order valence-corrected chi connectivity index (χ1v) is 19.2. The lowest BCUT2D eigenvalue weighted by Gasteiger charge is -2.39. The Balaban J connectivity index is 1.82. The maximum Gasteiger partial charge on any atom is 0.315 e. The standard InChI is InChI=1S/C36H60N4O7S/c1-11-13-17-25(41)30(43)23(16-12-2)20-26(42)29-28-24(36(28,9)10)21-40(29)32(44)31(35(6,7)8)38-33(45)37-27(34(3,4)5)22-39-18-14-15-19-48(39,46)47/h11,23-24,27-29,31H,1,12-22H2,2-10H3,(H2,37,38,45)/t23?,24-,27+,28-,29+,31+/m0/s1. The van der Waals surface area contributed by atoms with E-state index < -0.39 is 62.5 Å². The van der Waals surface area contributed by atoms with E-state index in [9.17, 15) is 32.4 Å². The highest BCUT2D eigenvalue weighted by Gasteiger charge is 2.69. The molecular formula is C36H60N4O7S. The Hall–Kier alpha value is -2.60. The average molecular weight is 693 g/mol. The highest BCUT2D eigenvalue weighted by atomic mass is 32.2. The number of carbonyl (C=O) groups is 5. The minimum absolute atomic E-state index is 0.0629. The van der Waals surface area contributed by atoms with Crippen LogP contribution in [0, 0.1) is 34.0 Å². The van der Waals surface area contributed by atoms with E-state index in [-0.39, 0.29) is 54.1 Å². The number of hydrogen-bond acceptors (Lipinski definition) is 7. The molecule has 1 aliphatic carbocycles. The van der Waals surface area contributed by atoms with Crippen LogP contribution in [0.25, 0.3) is 0 Å². The van der Waals surface area contributed by atoms with Gasteiger partial charge in [0, 0.05) is 44.4 Å². The maximum absolute atomic E-state index is 14.4. The van der Waals surface area contributed by atoms with E-state index in [1.165, 1.54) is 4.31 Å². The molecule has 2 aliphatic heterocycles.